The third-order valence-corrected chi connectivity index (χ3v) is 3.26. The van der Waals surface area contributed by atoms with Crippen molar-refractivity contribution in [3.63, 3.8) is 0 Å². The normalized spacial score (nSPS) is 19.2. The molecule has 0 radical (unpaired) electrons. The molecule has 0 bridgehead atoms. The Bertz CT molecular complexity index is 349. The third-order valence-electron chi connectivity index (χ3n) is 3.26. The fourth-order valence-corrected chi connectivity index (χ4v) is 2.40. The number of likely N-dealkylation sites (tertiary alicyclic amines) is 1. The van der Waals surface area contributed by atoms with Crippen molar-refractivity contribution in [3.05, 3.63) is 0 Å². The number of carbonyl (C=O) groups is 2. The lowest BCUT2D eigenvalue weighted by Crippen LogP contribution is -2.52. The Balaban J connectivity index is 2.77. The van der Waals surface area contributed by atoms with Crippen LogP contribution in [0.15, 0.2) is 0 Å². The highest BCUT2D eigenvalue weighted by molar-refractivity contribution is 5.87. The first-order valence-corrected chi connectivity index (χ1v) is 6.54. The summed E-state index contributed by atoms with van der Waals surface area (Å²) in [4.78, 5) is 27.1. The van der Waals surface area contributed by atoms with Crippen LogP contribution >= 0.6 is 0 Å². The SMILES string of the molecule is CCCN(CC#N)C(=O)[C@H]1CCCCN1C(C)=O. The van der Waals surface area contributed by atoms with Gasteiger partial charge < -0.3 is 9.80 Å². The maximum absolute atomic E-state index is 12.4. The summed E-state index contributed by atoms with van der Waals surface area (Å²) in [5.41, 5.74) is 0. The van der Waals surface area contributed by atoms with Crippen molar-refractivity contribution in [3.8, 4) is 6.07 Å². The van der Waals surface area contributed by atoms with Crippen LogP contribution in [0.1, 0.15) is 39.5 Å². The third kappa shape index (κ3) is 3.46. The molecule has 5 heteroatoms. The second-order valence-electron chi connectivity index (χ2n) is 4.64. The molecular weight excluding hydrogens is 230 g/mol. The molecule has 0 saturated carbocycles. The molecule has 1 saturated heterocycles. The molecule has 0 N–H and O–H groups in total. The molecule has 1 aliphatic heterocycles. The Hall–Kier alpha value is -1.57. The largest absolute Gasteiger partial charge is 0.331 e. The second kappa shape index (κ2) is 7.00. The Morgan fingerprint density at radius 3 is 2.72 bits per heavy atom. The van der Waals surface area contributed by atoms with Crippen molar-refractivity contribution in [2.24, 2.45) is 0 Å². The lowest BCUT2D eigenvalue weighted by Gasteiger charge is -2.36. The Kier molecular flexibility index (Phi) is 5.63. The summed E-state index contributed by atoms with van der Waals surface area (Å²) in [6, 6.07) is 1.65. The molecule has 0 unspecified atom stereocenters. The molecule has 18 heavy (non-hydrogen) atoms. The zero-order valence-electron chi connectivity index (χ0n) is 11.2. The van der Waals surface area contributed by atoms with Crippen molar-refractivity contribution in [2.45, 2.75) is 45.6 Å². The summed E-state index contributed by atoms with van der Waals surface area (Å²) in [5.74, 6) is -0.130. The first-order valence-electron chi connectivity index (χ1n) is 6.54. The van der Waals surface area contributed by atoms with E-state index in [1.54, 1.807) is 9.80 Å². The minimum Gasteiger partial charge on any atom is -0.331 e. The minimum atomic E-state index is -0.365. The Labute approximate surface area is 108 Å². The van der Waals surface area contributed by atoms with Crippen LogP contribution in [-0.4, -0.2) is 47.3 Å². The second-order valence-corrected chi connectivity index (χ2v) is 4.64. The summed E-state index contributed by atoms with van der Waals surface area (Å²) in [7, 11) is 0. The fourth-order valence-electron chi connectivity index (χ4n) is 2.40. The molecule has 5 nitrogen and oxygen atoms in total. The van der Waals surface area contributed by atoms with Crippen LogP contribution < -0.4 is 0 Å². The van der Waals surface area contributed by atoms with Crippen LogP contribution in [0.2, 0.25) is 0 Å². The van der Waals surface area contributed by atoms with Crippen molar-refractivity contribution in [1.82, 2.24) is 9.80 Å². The van der Waals surface area contributed by atoms with E-state index in [1.807, 2.05) is 13.0 Å². The van der Waals surface area contributed by atoms with Crippen molar-refractivity contribution in [2.75, 3.05) is 19.6 Å². The van der Waals surface area contributed by atoms with Crippen LogP contribution in [0.25, 0.3) is 0 Å². The van der Waals surface area contributed by atoms with E-state index in [0.29, 0.717) is 19.5 Å². The van der Waals surface area contributed by atoms with Crippen molar-refractivity contribution >= 4 is 11.8 Å². The number of hydrogen-bond acceptors (Lipinski definition) is 3. The van der Waals surface area contributed by atoms with Crippen LogP contribution in [0.4, 0.5) is 0 Å². The standard InChI is InChI=1S/C13H21N3O2/c1-3-8-15(10-7-14)13(18)12-6-4-5-9-16(12)11(2)17/h12H,3-6,8-10H2,1-2H3/t12-/m1/s1. The van der Waals surface area contributed by atoms with Crippen LogP contribution in [0.5, 0.6) is 0 Å². The average Bonchev–Trinajstić information content (AvgIpc) is 2.37. The fraction of sp³-hybridized carbons (Fsp3) is 0.769. The molecule has 1 aliphatic rings. The number of piperidine rings is 1. The highest BCUT2D eigenvalue weighted by atomic mass is 16.2. The lowest BCUT2D eigenvalue weighted by molar-refractivity contribution is -0.146. The lowest BCUT2D eigenvalue weighted by atomic mass is 10.0. The first kappa shape index (κ1) is 14.5. The van der Waals surface area contributed by atoms with E-state index >= 15 is 0 Å². The maximum Gasteiger partial charge on any atom is 0.246 e. The Morgan fingerprint density at radius 2 is 2.17 bits per heavy atom. The summed E-state index contributed by atoms with van der Waals surface area (Å²) < 4.78 is 0. The smallest absolute Gasteiger partial charge is 0.246 e. The van der Waals surface area contributed by atoms with Gasteiger partial charge in [-0.2, -0.15) is 5.26 Å². The highest BCUT2D eigenvalue weighted by Gasteiger charge is 2.32. The average molecular weight is 251 g/mol. The molecule has 1 rings (SSSR count). The molecule has 2 amide bonds. The number of hydrogen-bond donors (Lipinski definition) is 0. The molecule has 0 aromatic carbocycles. The molecule has 1 atom stereocenters. The van der Waals surface area contributed by atoms with Crippen LogP contribution in [0.3, 0.4) is 0 Å². The summed E-state index contributed by atoms with van der Waals surface area (Å²) in [6.45, 7) is 4.81. The van der Waals surface area contributed by atoms with Gasteiger partial charge in [0, 0.05) is 20.0 Å². The zero-order valence-corrected chi connectivity index (χ0v) is 11.2. The first-order chi connectivity index (χ1) is 8.61. The number of amides is 2. The summed E-state index contributed by atoms with van der Waals surface area (Å²) in [6.07, 6.45) is 3.45. The number of rotatable bonds is 4. The van der Waals surface area contributed by atoms with E-state index in [9.17, 15) is 9.59 Å². The van der Waals surface area contributed by atoms with Crippen LogP contribution in [-0.2, 0) is 9.59 Å². The zero-order chi connectivity index (χ0) is 13.5. The minimum absolute atomic E-state index is 0.0542. The maximum atomic E-state index is 12.4. The van der Waals surface area contributed by atoms with E-state index < -0.39 is 0 Å². The van der Waals surface area contributed by atoms with Gasteiger partial charge in [-0.1, -0.05) is 6.92 Å². The van der Waals surface area contributed by atoms with Gasteiger partial charge in [0.1, 0.15) is 12.6 Å². The molecule has 100 valence electrons. The van der Waals surface area contributed by atoms with E-state index in [-0.39, 0.29) is 24.4 Å². The quantitative estimate of drug-likeness (QED) is 0.704. The monoisotopic (exact) mass is 251 g/mol. The molecule has 1 fully saturated rings. The molecule has 0 aliphatic carbocycles. The number of nitrogens with zero attached hydrogens (tertiary/aromatic N) is 3. The van der Waals surface area contributed by atoms with Gasteiger partial charge in [-0.15, -0.1) is 0 Å². The van der Waals surface area contributed by atoms with Crippen molar-refractivity contribution < 1.29 is 9.59 Å². The molecule has 1 heterocycles. The number of nitriles is 1. The molecule has 0 aromatic heterocycles. The molecule has 0 aromatic rings. The van der Waals surface area contributed by atoms with Gasteiger partial charge in [0.25, 0.3) is 0 Å². The van der Waals surface area contributed by atoms with Gasteiger partial charge in [-0.3, -0.25) is 9.59 Å². The van der Waals surface area contributed by atoms with Gasteiger partial charge >= 0.3 is 0 Å². The predicted molar refractivity (Wildman–Crippen MR) is 67.5 cm³/mol. The highest BCUT2D eigenvalue weighted by Crippen LogP contribution is 2.19. The molecule has 0 spiro atoms. The van der Waals surface area contributed by atoms with E-state index in [4.69, 9.17) is 5.26 Å². The summed E-state index contributed by atoms with van der Waals surface area (Å²) in [5, 5.41) is 8.76. The van der Waals surface area contributed by atoms with Crippen molar-refractivity contribution in [1.29, 1.82) is 5.26 Å². The van der Waals surface area contributed by atoms with Gasteiger partial charge in [0.2, 0.25) is 11.8 Å². The topological polar surface area (TPSA) is 64.4 Å². The Morgan fingerprint density at radius 1 is 1.44 bits per heavy atom. The van der Waals surface area contributed by atoms with E-state index in [1.165, 1.54) is 6.92 Å². The van der Waals surface area contributed by atoms with Crippen LogP contribution in [0, 0.1) is 11.3 Å². The predicted octanol–water partition coefficient (Wildman–Crippen LogP) is 1.15. The molecular formula is C13H21N3O2. The summed E-state index contributed by atoms with van der Waals surface area (Å²) >= 11 is 0. The van der Waals surface area contributed by atoms with E-state index in [0.717, 1.165) is 19.3 Å². The van der Waals surface area contributed by atoms with E-state index in [2.05, 4.69) is 0 Å². The van der Waals surface area contributed by atoms with Gasteiger partial charge in [0.05, 0.1) is 6.07 Å². The van der Waals surface area contributed by atoms with Gasteiger partial charge in [0.15, 0.2) is 0 Å². The van der Waals surface area contributed by atoms with Gasteiger partial charge in [-0.05, 0) is 25.7 Å². The van der Waals surface area contributed by atoms with Gasteiger partial charge in [-0.25, -0.2) is 0 Å². The number of carbonyl (C=O) groups excluding carboxylic acids is 2.